The molecule has 11 nitrogen and oxygen atoms in total. The second-order valence-corrected chi connectivity index (χ2v) is 13.6. The van der Waals surface area contributed by atoms with E-state index in [2.05, 4.69) is 20.0 Å². The molecule has 1 saturated heterocycles. The second kappa shape index (κ2) is 11.2. The molecule has 5 rings (SSSR count). The zero-order chi connectivity index (χ0) is 30.2. The number of anilines is 1. The van der Waals surface area contributed by atoms with Crippen molar-refractivity contribution >= 4 is 27.9 Å². The van der Waals surface area contributed by atoms with Crippen LogP contribution in [0.25, 0.3) is 11.3 Å². The van der Waals surface area contributed by atoms with Crippen molar-refractivity contribution in [2.24, 2.45) is 5.41 Å². The van der Waals surface area contributed by atoms with Crippen LogP contribution in [-0.4, -0.2) is 79.0 Å². The van der Waals surface area contributed by atoms with E-state index in [0.717, 1.165) is 16.7 Å². The summed E-state index contributed by atoms with van der Waals surface area (Å²) in [5.74, 6) is -0.343. The molecule has 0 saturated carbocycles. The van der Waals surface area contributed by atoms with Gasteiger partial charge in [0.2, 0.25) is 11.8 Å². The first-order valence-corrected chi connectivity index (χ1v) is 15.3. The van der Waals surface area contributed by atoms with Crippen molar-refractivity contribution in [2.45, 2.75) is 45.6 Å². The van der Waals surface area contributed by atoms with Gasteiger partial charge in [-0.1, -0.05) is 45.0 Å². The Bertz CT molecular complexity index is 1620. The van der Waals surface area contributed by atoms with Crippen LogP contribution in [0.5, 0.6) is 5.88 Å². The van der Waals surface area contributed by atoms with Gasteiger partial charge in [-0.05, 0) is 48.6 Å². The van der Waals surface area contributed by atoms with E-state index >= 15 is 0 Å². The summed E-state index contributed by atoms with van der Waals surface area (Å²) in [6.45, 7) is 11.3. The molecule has 0 spiro atoms. The molecular formula is C30H36N6O5S. The molecule has 2 aromatic carbocycles. The number of piperazine rings is 1. The van der Waals surface area contributed by atoms with Crippen LogP contribution in [0.1, 0.15) is 42.3 Å². The third-order valence-corrected chi connectivity index (χ3v) is 8.61. The highest BCUT2D eigenvalue weighted by atomic mass is 32.2. The Labute approximate surface area is 246 Å². The van der Waals surface area contributed by atoms with Crippen LogP contribution in [0, 0.1) is 19.3 Å². The molecule has 12 heteroatoms. The first-order valence-electron chi connectivity index (χ1n) is 13.9. The molecule has 1 atom stereocenters. The molecule has 6 bridgehead atoms. The Hall–Kier alpha value is -4.19. The number of nitrogens with zero attached hydrogens (tertiary/aromatic N) is 4. The van der Waals surface area contributed by atoms with Crippen molar-refractivity contribution in [1.82, 2.24) is 25.1 Å². The number of fused-ring (bicyclic) bond motifs is 6. The van der Waals surface area contributed by atoms with Crippen molar-refractivity contribution in [3.63, 3.8) is 0 Å². The van der Waals surface area contributed by atoms with Gasteiger partial charge < -0.3 is 19.9 Å². The van der Waals surface area contributed by atoms with Crippen LogP contribution < -0.4 is 14.8 Å². The summed E-state index contributed by atoms with van der Waals surface area (Å²) in [6, 6.07) is 12.7. The third kappa shape index (κ3) is 6.33. The van der Waals surface area contributed by atoms with Gasteiger partial charge in [0.25, 0.3) is 15.9 Å². The van der Waals surface area contributed by atoms with Gasteiger partial charge in [0.05, 0.1) is 16.6 Å². The SMILES string of the molecule is Cc1cccc(C)c1-c1cc2nc(n1)NS(=O)(=O)c1cccc(c1)C(=O)N1CCN(C(=O)NCC(C)(C)C)C(CO2)C1. The highest BCUT2D eigenvalue weighted by molar-refractivity contribution is 7.92. The summed E-state index contributed by atoms with van der Waals surface area (Å²) in [5.41, 5.74) is 3.37. The van der Waals surface area contributed by atoms with Crippen LogP contribution in [0.2, 0.25) is 0 Å². The summed E-state index contributed by atoms with van der Waals surface area (Å²) in [5, 5.41) is 3.00. The standard InChI is InChI=1S/C30H36N6O5S/c1-19-8-6-9-20(2)26(19)24-15-25-33-28(32-24)34-42(39,40)23-11-7-10-21(14-23)27(37)35-12-13-36(22(16-35)17-41-25)29(38)31-18-30(3,4)5/h6-11,14-15,22H,12-13,16-18H2,1-5H3,(H,31,38)(H,32,33,34). The largest absolute Gasteiger partial charge is 0.475 e. The maximum absolute atomic E-state index is 13.5. The lowest BCUT2D eigenvalue weighted by Crippen LogP contribution is -2.60. The summed E-state index contributed by atoms with van der Waals surface area (Å²) in [6.07, 6.45) is 0. The highest BCUT2D eigenvalue weighted by Gasteiger charge is 2.34. The number of urea groups is 1. The van der Waals surface area contributed by atoms with Crippen LogP contribution in [-0.2, 0) is 10.0 Å². The molecule has 2 aliphatic heterocycles. The van der Waals surface area contributed by atoms with Crippen LogP contribution in [0.3, 0.4) is 0 Å². The summed E-state index contributed by atoms with van der Waals surface area (Å²) in [7, 11) is -4.13. The normalized spacial score (nSPS) is 18.4. The molecule has 222 valence electrons. The molecule has 1 aromatic heterocycles. The molecule has 3 heterocycles. The number of aryl methyl sites for hydroxylation is 2. The molecule has 0 aliphatic carbocycles. The van der Waals surface area contributed by atoms with Crippen molar-refractivity contribution < 1.29 is 22.7 Å². The Kier molecular flexibility index (Phi) is 7.84. The number of nitrogens with one attached hydrogen (secondary N) is 2. The average Bonchev–Trinajstić information content (AvgIpc) is 2.93. The van der Waals surface area contributed by atoms with E-state index in [-0.39, 0.29) is 59.3 Å². The number of aromatic nitrogens is 2. The molecule has 1 unspecified atom stereocenters. The predicted octanol–water partition coefficient (Wildman–Crippen LogP) is 3.84. The lowest BCUT2D eigenvalue weighted by Gasteiger charge is -2.41. The maximum Gasteiger partial charge on any atom is 0.317 e. The molecule has 2 aliphatic rings. The van der Waals surface area contributed by atoms with E-state index in [4.69, 9.17) is 4.74 Å². The summed E-state index contributed by atoms with van der Waals surface area (Å²) >= 11 is 0. The lowest BCUT2D eigenvalue weighted by atomic mass is 9.97. The molecule has 0 radical (unpaired) electrons. The first kappa shape index (κ1) is 29.3. The second-order valence-electron chi connectivity index (χ2n) is 11.9. The highest BCUT2D eigenvalue weighted by Crippen LogP contribution is 2.30. The molecule has 3 aromatic rings. The molecule has 3 amide bonds. The smallest absolute Gasteiger partial charge is 0.317 e. The number of amides is 3. The fraction of sp³-hybridized carbons (Fsp3) is 0.400. The number of hydrogen-bond donors (Lipinski definition) is 2. The maximum atomic E-state index is 13.5. The van der Waals surface area contributed by atoms with E-state index in [9.17, 15) is 18.0 Å². The number of hydrogen-bond acceptors (Lipinski definition) is 7. The average molecular weight is 593 g/mol. The summed E-state index contributed by atoms with van der Waals surface area (Å²) in [4.78, 5) is 38.9. The quantitative estimate of drug-likeness (QED) is 0.462. The van der Waals surface area contributed by atoms with Crippen molar-refractivity contribution in [1.29, 1.82) is 0 Å². The minimum atomic E-state index is -4.13. The first-order chi connectivity index (χ1) is 19.8. The van der Waals surface area contributed by atoms with Crippen LogP contribution in [0.4, 0.5) is 10.7 Å². The molecule has 42 heavy (non-hydrogen) atoms. The van der Waals surface area contributed by atoms with Crippen molar-refractivity contribution in [3.8, 4) is 17.1 Å². The van der Waals surface area contributed by atoms with E-state index in [1.807, 2.05) is 52.8 Å². The fourth-order valence-corrected chi connectivity index (χ4v) is 6.11. The van der Waals surface area contributed by atoms with Gasteiger partial charge in [-0.3, -0.25) is 4.79 Å². The van der Waals surface area contributed by atoms with E-state index in [1.165, 1.54) is 18.2 Å². The van der Waals surface area contributed by atoms with Crippen molar-refractivity contribution in [2.75, 3.05) is 37.5 Å². The van der Waals surface area contributed by atoms with E-state index in [0.29, 0.717) is 18.8 Å². The zero-order valence-corrected chi connectivity index (χ0v) is 25.3. The van der Waals surface area contributed by atoms with E-state index < -0.39 is 16.1 Å². The van der Waals surface area contributed by atoms with Gasteiger partial charge in [-0.15, -0.1) is 0 Å². The van der Waals surface area contributed by atoms with Gasteiger partial charge >= 0.3 is 6.03 Å². The van der Waals surface area contributed by atoms with Crippen LogP contribution >= 0.6 is 0 Å². The zero-order valence-electron chi connectivity index (χ0n) is 24.5. The number of carbonyl (C=O) groups is 2. The number of rotatable bonds is 2. The summed E-state index contributed by atoms with van der Waals surface area (Å²) < 4.78 is 35.4. The number of carbonyl (C=O) groups excluding carboxylic acids is 2. The van der Waals surface area contributed by atoms with E-state index in [1.54, 1.807) is 21.9 Å². The van der Waals surface area contributed by atoms with Gasteiger partial charge in [0.15, 0.2) is 0 Å². The number of benzene rings is 2. The van der Waals surface area contributed by atoms with Gasteiger partial charge in [-0.25, -0.2) is 22.9 Å². The van der Waals surface area contributed by atoms with Gasteiger partial charge in [0.1, 0.15) is 6.61 Å². The predicted molar refractivity (Wildman–Crippen MR) is 159 cm³/mol. The Morgan fingerprint density at radius 2 is 1.79 bits per heavy atom. The van der Waals surface area contributed by atoms with Gasteiger partial charge in [-0.2, -0.15) is 4.98 Å². The van der Waals surface area contributed by atoms with Crippen LogP contribution in [0.15, 0.2) is 53.4 Å². The minimum absolute atomic E-state index is 0.0299. The topological polar surface area (TPSA) is 134 Å². The van der Waals surface area contributed by atoms with Crippen molar-refractivity contribution in [3.05, 3.63) is 65.2 Å². The Balaban J connectivity index is 1.58. The minimum Gasteiger partial charge on any atom is -0.475 e. The lowest BCUT2D eigenvalue weighted by molar-refractivity contribution is 0.0462. The fourth-order valence-electron chi connectivity index (χ4n) is 5.12. The molecular weight excluding hydrogens is 556 g/mol. The molecule has 1 fully saturated rings. The Morgan fingerprint density at radius 3 is 2.50 bits per heavy atom. The Morgan fingerprint density at radius 1 is 1.07 bits per heavy atom. The number of ether oxygens (including phenoxy) is 1. The molecule has 2 N–H and O–H groups in total. The van der Waals surface area contributed by atoms with Gasteiger partial charge in [0, 0.05) is 43.4 Å². The third-order valence-electron chi connectivity index (χ3n) is 7.28. The number of sulfonamides is 1. The monoisotopic (exact) mass is 592 g/mol.